The fraction of sp³-hybridized carbons (Fsp3) is 1.00. The van der Waals surface area contributed by atoms with E-state index in [2.05, 4.69) is 30.7 Å². The Morgan fingerprint density at radius 2 is 1.75 bits per heavy atom. The van der Waals surface area contributed by atoms with E-state index >= 15 is 0 Å². The zero-order valence-electron chi connectivity index (χ0n) is 13.7. The molecule has 3 nitrogen and oxygen atoms in total. The van der Waals surface area contributed by atoms with Crippen molar-refractivity contribution >= 4 is 0 Å². The Hall–Kier alpha value is -0.120. The van der Waals surface area contributed by atoms with Crippen molar-refractivity contribution in [3.05, 3.63) is 0 Å². The molecule has 1 aliphatic carbocycles. The second-order valence-electron chi connectivity index (χ2n) is 8.11. The van der Waals surface area contributed by atoms with Gasteiger partial charge in [0, 0.05) is 37.3 Å². The Kier molecular flexibility index (Phi) is 3.89. The van der Waals surface area contributed by atoms with E-state index in [1.807, 2.05) is 0 Å². The maximum atomic E-state index is 6.37. The van der Waals surface area contributed by atoms with Gasteiger partial charge in [-0.3, -0.25) is 9.80 Å². The van der Waals surface area contributed by atoms with Crippen molar-refractivity contribution in [2.75, 3.05) is 26.7 Å². The van der Waals surface area contributed by atoms with Crippen molar-refractivity contribution in [1.29, 1.82) is 0 Å². The highest BCUT2D eigenvalue weighted by Crippen LogP contribution is 2.48. The first-order valence-corrected chi connectivity index (χ1v) is 8.67. The minimum Gasteiger partial charge on any atom is -0.329 e. The topological polar surface area (TPSA) is 32.5 Å². The summed E-state index contributed by atoms with van der Waals surface area (Å²) in [5.74, 6) is 0. The van der Waals surface area contributed by atoms with Gasteiger partial charge in [-0.15, -0.1) is 0 Å². The van der Waals surface area contributed by atoms with Gasteiger partial charge in [-0.05, 0) is 44.6 Å². The first kappa shape index (κ1) is 14.8. The average molecular weight is 279 g/mol. The predicted molar refractivity (Wildman–Crippen MR) is 84.8 cm³/mol. The summed E-state index contributed by atoms with van der Waals surface area (Å²) in [6, 6.07) is 1.59. The summed E-state index contributed by atoms with van der Waals surface area (Å²) in [5, 5.41) is 0. The minimum atomic E-state index is 0.247. The van der Waals surface area contributed by atoms with Gasteiger partial charge < -0.3 is 5.73 Å². The molecule has 0 aromatic heterocycles. The lowest BCUT2D eigenvalue weighted by Crippen LogP contribution is -2.65. The van der Waals surface area contributed by atoms with Crippen molar-refractivity contribution < 1.29 is 0 Å². The fourth-order valence-corrected chi connectivity index (χ4v) is 5.35. The Bertz CT molecular complexity index is 354. The summed E-state index contributed by atoms with van der Waals surface area (Å²) in [5.41, 5.74) is 6.98. The molecule has 0 aromatic rings. The SMILES string of the molecule is CN1C2CCC1CN(C1(CN)CCCCC1(C)C)CC2. The van der Waals surface area contributed by atoms with Gasteiger partial charge in [0.25, 0.3) is 0 Å². The summed E-state index contributed by atoms with van der Waals surface area (Å²) in [7, 11) is 2.34. The van der Waals surface area contributed by atoms with Crippen LogP contribution in [0, 0.1) is 5.41 Å². The largest absolute Gasteiger partial charge is 0.329 e. The van der Waals surface area contributed by atoms with Gasteiger partial charge in [0.2, 0.25) is 0 Å². The van der Waals surface area contributed by atoms with Crippen molar-refractivity contribution in [3.63, 3.8) is 0 Å². The molecule has 0 spiro atoms. The molecule has 2 bridgehead atoms. The van der Waals surface area contributed by atoms with E-state index < -0.39 is 0 Å². The smallest absolute Gasteiger partial charge is 0.0383 e. The number of nitrogens with two attached hydrogens (primary N) is 1. The van der Waals surface area contributed by atoms with Crippen LogP contribution in [0.25, 0.3) is 0 Å². The van der Waals surface area contributed by atoms with Crippen molar-refractivity contribution in [2.45, 2.75) is 76.4 Å². The summed E-state index contributed by atoms with van der Waals surface area (Å²) in [6.07, 6.45) is 9.52. The van der Waals surface area contributed by atoms with E-state index in [4.69, 9.17) is 5.73 Å². The second kappa shape index (κ2) is 5.26. The van der Waals surface area contributed by atoms with Crippen LogP contribution in [0.5, 0.6) is 0 Å². The molecule has 3 fully saturated rings. The van der Waals surface area contributed by atoms with Gasteiger partial charge in [0.05, 0.1) is 0 Å². The maximum Gasteiger partial charge on any atom is 0.0383 e. The molecule has 2 N–H and O–H groups in total. The zero-order valence-corrected chi connectivity index (χ0v) is 13.7. The molecule has 3 atom stereocenters. The highest BCUT2D eigenvalue weighted by Gasteiger charge is 2.51. The lowest BCUT2D eigenvalue weighted by atomic mass is 9.62. The van der Waals surface area contributed by atoms with Crippen molar-refractivity contribution in [2.24, 2.45) is 11.1 Å². The molecule has 116 valence electrons. The Morgan fingerprint density at radius 3 is 2.45 bits per heavy atom. The van der Waals surface area contributed by atoms with E-state index in [1.165, 1.54) is 58.0 Å². The van der Waals surface area contributed by atoms with E-state index in [-0.39, 0.29) is 5.54 Å². The van der Waals surface area contributed by atoms with Crippen molar-refractivity contribution in [1.82, 2.24) is 9.80 Å². The van der Waals surface area contributed by atoms with Crippen molar-refractivity contribution in [3.8, 4) is 0 Å². The molecule has 0 amide bonds. The number of nitrogens with zero attached hydrogens (tertiary/aromatic N) is 2. The molecule has 2 heterocycles. The standard InChI is InChI=1S/C17H33N3/c1-16(2)9-4-5-10-17(16,13-18)20-11-8-14-6-7-15(12-20)19(14)3/h14-15H,4-13,18H2,1-3H3. The van der Waals surface area contributed by atoms with Gasteiger partial charge in [-0.25, -0.2) is 0 Å². The van der Waals surface area contributed by atoms with Crippen LogP contribution >= 0.6 is 0 Å². The average Bonchev–Trinajstić information content (AvgIpc) is 2.64. The Morgan fingerprint density at radius 1 is 1.05 bits per heavy atom. The van der Waals surface area contributed by atoms with Crippen LogP contribution in [-0.4, -0.2) is 54.1 Å². The van der Waals surface area contributed by atoms with E-state index in [1.54, 1.807) is 0 Å². The highest BCUT2D eigenvalue weighted by atomic mass is 15.3. The third-order valence-corrected chi connectivity index (χ3v) is 6.99. The van der Waals surface area contributed by atoms with Crippen LogP contribution in [0.2, 0.25) is 0 Å². The molecule has 2 aliphatic heterocycles. The monoisotopic (exact) mass is 279 g/mol. The third-order valence-electron chi connectivity index (χ3n) is 6.99. The lowest BCUT2D eigenvalue weighted by molar-refractivity contribution is -0.0475. The first-order valence-electron chi connectivity index (χ1n) is 8.67. The molecule has 1 saturated carbocycles. The molecule has 20 heavy (non-hydrogen) atoms. The number of rotatable bonds is 2. The summed E-state index contributed by atoms with van der Waals surface area (Å²) < 4.78 is 0. The molecule has 2 saturated heterocycles. The van der Waals surface area contributed by atoms with Gasteiger partial charge in [-0.1, -0.05) is 26.7 Å². The Labute approximate surface area is 124 Å². The molecular formula is C17H33N3. The van der Waals surface area contributed by atoms with E-state index in [0.29, 0.717) is 5.41 Å². The van der Waals surface area contributed by atoms with Gasteiger partial charge in [-0.2, -0.15) is 0 Å². The third kappa shape index (κ3) is 2.13. The van der Waals surface area contributed by atoms with Gasteiger partial charge >= 0.3 is 0 Å². The van der Waals surface area contributed by atoms with E-state index in [9.17, 15) is 0 Å². The lowest BCUT2D eigenvalue weighted by Gasteiger charge is -2.56. The quantitative estimate of drug-likeness (QED) is 0.843. The highest BCUT2D eigenvalue weighted by molar-refractivity contribution is 5.07. The summed E-state index contributed by atoms with van der Waals surface area (Å²) in [6.45, 7) is 8.26. The maximum absolute atomic E-state index is 6.37. The van der Waals surface area contributed by atoms with Crippen LogP contribution in [0.1, 0.15) is 58.8 Å². The van der Waals surface area contributed by atoms with Crippen LogP contribution < -0.4 is 5.73 Å². The predicted octanol–water partition coefficient (Wildman–Crippen LogP) is 2.45. The van der Waals surface area contributed by atoms with Crippen LogP contribution in [-0.2, 0) is 0 Å². The van der Waals surface area contributed by atoms with Crippen LogP contribution in [0.15, 0.2) is 0 Å². The Balaban J connectivity index is 1.85. The minimum absolute atomic E-state index is 0.247. The van der Waals surface area contributed by atoms with E-state index in [0.717, 1.165) is 18.6 Å². The van der Waals surface area contributed by atoms with Crippen LogP contribution in [0.3, 0.4) is 0 Å². The number of hydrogen-bond donors (Lipinski definition) is 1. The number of likely N-dealkylation sites (N-methyl/N-ethyl adjacent to an activating group) is 1. The van der Waals surface area contributed by atoms with Gasteiger partial charge in [0.15, 0.2) is 0 Å². The molecule has 3 aliphatic rings. The molecular weight excluding hydrogens is 246 g/mol. The van der Waals surface area contributed by atoms with Crippen LogP contribution in [0.4, 0.5) is 0 Å². The first-order chi connectivity index (χ1) is 9.50. The molecule has 3 heteroatoms. The molecule has 0 radical (unpaired) electrons. The van der Waals surface area contributed by atoms with Gasteiger partial charge in [0.1, 0.15) is 0 Å². The molecule has 3 unspecified atom stereocenters. The molecule has 0 aromatic carbocycles. The summed E-state index contributed by atoms with van der Waals surface area (Å²) in [4.78, 5) is 5.46. The number of likely N-dealkylation sites (tertiary alicyclic amines) is 1. The number of fused-ring (bicyclic) bond motifs is 2. The number of hydrogen-bond acceptors (Lipinski definition) is 3. The summed E-state index contributed by atoms with van der Waals surface area (Å²) >= 11 is 0. The zero-order chi connectivity index (χ0) is 14.4. The second-order valence-corrected chi connectivity index (χ2v) is 8.11. The molecule has 3 rings (SSSR count). The fourth-order valence-electron chi connectivity index (χ4n) is 5.35. The normalized spacial score (nSPS) is 42.6.